The van der Waals surface area contributed by atoms with E-state index >= 15 is 0 Å². The predicted molar refractivity (Wildman–Crippen MR) is 67.1 cm³/mol. The first-order valence-electron chi connectivity index (χ1n) is 6.45. The van der Waals surface area contributed by atoms with Crippen LogP contribution in [0.25, 0.3) is 0 Å². The Hall–Kier alpha value is -0.0800. The fourth-order valence-electron chi connectivity index (χ4n) is 2.20. The molecule has 0 spiro atoms. The first-order valence-corrected chi connectivity index (χ1v) is 6.45. The quantitative estimate of drug-likeness (QED) is 0.726. The molecule has 1 unspecified atom stereocenters. The van der Waals surface area contributed by atoms with Gasteiger partial charge in [-0.25, -0.2) is 0 Å². The third-order valence-corrected chi connectivity index (χ3v) is 3.47. The number of hydrogen-bond donors (Lipinski definition) is 1. The lowest BCUT2D eigenvalue weighted by Gasteiger charge is -2.37. The van der Waals surface area contributed by atoms with Crippen LogP contribution in [0.15, 0.2) is 0 Å². The second-order valence-electron chi connectivity index (χ2n) is 5.84. The molecule has 1 fully saturated rings. The Kier molecular flexibility index (Phi) is 5.07. The van der Waals surface area contributed by atoms with Gasteiger partial charge in [-0.05, 0) is 44.7 Å². The van der Waals surface area contributed by atoms with Gasteiger partial charge in [0, 0.05) is 19.1 Å². The molecule has 0 radical (unpaired) electrons. The van der Waals surface area contributed by atoms with Crippen LogP contribution in [0.1, 0.15) is 34.6 Å². The van der Waals surface area contributed by atoms with Gasteiger partial charge >= 0.3 is 0 Å². The summed E-state index contributed by atoms with van der Waals surface area (Å²) in [5, 5.41) is 3.37. The molecule has 0 aromatic rings. The van der Waals surface area contributed by atoms with E-state index in [1.807, 2.05) is 0 Å². The van der Waals surface area contributed by atoms with E-state index in [9.17, 15) is 0 Å². The zero-order valence-corrected chi connectivity index (χ0v) is 11.1. The average molecular weight is 212 g/mol. The summed E-state index contributed by atoms with van der Waals surface area (Å²) in [6, 6.07) is 0.683. The highest BCUT2D eigenvalue weighted by atomic mass is 15.1. The molecule has 0 bridgehead atoms. The normalized spacial score (nSPS) is 20.0. The van der Waals surface area contributed by atoms with Crippen LogP contribution in [0.4, 0.5) is 0 Å². The monoisotopic (exact) mass is 212 g/mol. The summed E-state index contributed by atoms with van der Waals surface area (Å²) in [5.74, 6) is 2.53. The highest BCUT2D eigenvalue weighted by molar-refractivity contribution is 4.82. The maximum atomic E-state index is 3.37. The first-order chi connectivity index (χ1) is 7.00. The molecule has 0 saturated carbocycles. The number of rotatable bonds is 6. The first kappa shape index (κ1) is 13.0. The van der Waals surface area contributed by atoms with Crippen molar-refractivity contribution in [1.29, 1.82) is 0 Å². The largest absolute Gasteiger partial charge is 0.316 e. The minimum Gasteiger partial charge on any atom is -0.316 e. The number of nitrogens with one attached hydrogen (secondary N) is 1. The van der Waals surface area contributed by atoms with Gasteiger partial charge in [0.05, 0.1) is 0 Å². The van der Waals surface area contributed by atoms with E-state index in [1.165, 1.54) is 26.2 Å². The van der Waals surface area contributed by atoms with Gasteiger partial charge in [0.1, 0.15) is 0 Å². The van der Waals surface area contributed by atoms with Crippen molar-refractivity contribution in [1.82, 2.24) is 10.2 Å². The van der Waals surface area contributed by atoms with Crippen molar-refractivity contribution in [2.45, 2.75) is 40.7 Å². The number of hydrogen-bond acceptors (Lipinski definition) is 2. The SMILES string of the molecule is CC(C)CN(CC(C)C1CNC1)C(C)C. The third-order valence-electron chi connectivity index (χ3n) is 3.47. The van der Waals surface area contributed by atoms with Crippen LogP contribution in [0, 0.1) is 17.8 Å². The molecule has 15 heavy (non-hydrogen) atoms. The van der Waals surface area contributed by atoms with Crippen LogP contribution in [0.5, 0.6) is 0 Å². The van der Waals surface area contributed by atoms with Crippen molar-refractivity contribution in [2.75, 3.05) is 26.2 Å². The topological polar surface area (TPSA) is 15.3 Å². The molecule has 1 N–H and O–H groups in total. The Morgan fingerprint density at radius 2 is 1.67 bits per heavy atom. The molecular formula is C13H28N2. The van der Waals surface area contributed by atoms with Gasteiger partial charge in [-0.3, -0.25) is 0 Å². The van der Waals surface area contributed by atoms with Crippen LogP contribution in [-0.2, 0) is 0 Å². The van der Waals surface area contributed by atoms with Gasteiger partial charge in [0.15, 0.2) is 0 Å². The summed E-state index contributed by atoms with van der Waals surface area (Å²) >= 11 is 0. The summed E-state index contributed by atoms with van der Waals surface area (Å²) in [5.41, 5.74) is 0. The standard InChI is InChI=1S/C13H28N2/c1-10(2)8-15(11(3)4)9-12(5)13-6-14-7-13/h10-14H,6-9H2,1-5H3. The third kappa shape index (κ3) is 4.12. The molecule has 1 rings (SSSR count). The van der Waals surface area contributed by atoms with Gasteiger partial charge in [0.2, 0.25) is 0 Å². The zero-order chi connectivity index (χ0) is 11.4. The van der Waals surface area contributed by atoms with Crippen LogP contribution >= 0.6 is 0 Å². The molecule has 1 aliphatic rings. The average Bonchev–Trinajstić information content (AvgIpc) is 1.98. The minimum absolute atomic E-state index is 0.683. The van der Waals surface area contributed by atoms with Crippen molar-refractivity contribution >= 4 is 0 Å². The Morgan fingerprint density at radius 1 is 1.07 bits per heavy atom. The van der Waals surface area contributed by atoms with Gasteiger partial charge in [-0.1, -0.05) is 20.8 Å². The Balaban J connectivity index is 2.35. The molecule has 0 aromatic heterocycles. The number of nitrogens with zero attached hydrogens (tertiary/aromatic N) is 1. The lowest BCUT2D eigenvalue weighted by atomic mass is 9.88. The molecule has 2 heteroatoms. The van der Waals surface area contributed by atoms with Crippen LogP contribution in [-0.4, -0.2) is 37.1 Å². The summed E-state index contributed by atoms with van der Waals surface area (Å²) in [6.07, 6.45) is 0. The van der Waals surface area contributed by atoms with Crippen LogP contribution < -0.4 is 5.32 Å². The summed E-state index contributed by atoms with van der Waals surface area (Å²) < 4.78 is 0. The highest BCUT2D eigenvalue weighted by Gasteiger charge is 2.25. The maximum absolute atomic E-state index is 3.37. The van der Waals surface area contributed by atoms with Gasteiger partial charge in [-0.15, -0.1) is 0 Å². The Labute approximate surface area is 95.4 Å². The van der Waals surface area contributed by atoms with Crippen molar-refractivity contribution in [3.05, 3.63) is 0 Å². The van der Waals surface area contributed by atoms with E-state index in [0.29, 0.717) is 6.04 Å². The van der Waals surface area contributed by atoms with Crippen LogP contribution in [0.2, 0.25) is 0 Å². The maximum Gasteiger partial charge on any atom is 0.00388 e. The van der Waals surface area contributed by atoms with E-state index in [4.69, 9.17) is 0 Å². The smallest absolute Gasteiger partial charge is 0.00388 e. The molecule has 0 aliphatic carbocycles. The van der Waals surface area contributed by atoms with Crippen molar-refractivity contribution in [3.8, 4) is 0 Å². The van der Waals surface area contributed by atoms with Gasteiger partial charge < -0.3 is 10.2 Å². The van der Waals surface area contributed by atoms with E-state index in [-0.39, 0.29) is 0 Å². The summed E-state index contributed by atoms with van der Waals surface area (Å²) in [7, 11) is 0. The minimum atomic E-state index is 0.683. The summed E-state index contributed by atoms with van der Waals surface area (Å²) in [6.45, 7) is 16.6. The Morgan fingerprint density at radius 3 is 2.00 bits per heavy atom. The molecule has 1 aliphatic heterocycles. The van der Waals surface area contributed by atoms with Gasteiger partial charge in [0.25, 0.3) is 0 Å². The van der Waals surface area contributed by atoms with E-state index in [0.717, 1.165) is 17.8 Å². The molecule has 1 saturated heterocycles. The predicted octanol–water partition coefficient (Wildman–Crippen LogP) is 2.21. The lowest BCUT2D eigenvalue weighted by Crippen LogP contribution is -2.49. The highest BCUT2D eigenvalue weighted by Crippen LogP contribution is 2.18. The molecular weight excluding hydrogens is 184 g/mol. The molecule has 1 heterocycles. The second kappa shape index (κ2) is 5.86. The van der Waals surface area contributed by atoms with Crippen LogP contribution in [0.3, 0.4) is 0 Å². The summed E-state index contributed by atoms with van der Waals surface area (Å²) in [4.78, 5) is 2.63. The fourth-order valence-corrected chi connectivity index (χ4v) is 2.20. The van der Waals surface area contributed by atoms with Crippen molar-refractivity contribution in [2.24, 2.45) is 17.8 Å². The Bertz CT molecular complexity index is 173. The molecule has 0 amide bonds. The molecule has 90 valence electrons. The second-order valence-corrected chi connectivity index (χ2v) is 5.84. The zero-order valence-electron chi connectivity index (χ0n) is 11.1. The fraction of sp³-hybridized carbons (Fsp3) is 1.00. The van der Waals surface area contributed by atoms with Gasteiger partial charge in [-0.2, -0.15) is 0 Å². The molecule has 1 atom stereocenters. The van der Waals surface area contributed by atoms with Crippen molar-refractivity contribution < 1.29 is 0 Å². The van der Waals surface area contributed by atoms with E-state index in [1.54, 1.807) is 0 Å². The van der Waals surface area contributed by atoms with E-state index < -0.39 is 0 Å². The van der Waals surface area contributed by atoms with Crippen molar-refractivity contribution in [3.63, 3.8) is 0 Å². The van der Waals surface area contributed by atoms with E-state index in [2.05, 4.69) is 44.8 Å². The molecule has 0 aromatic carbocycles. The molecule has 2 nitrogen and oxygen atoms in total. The lowest BCUT2D eigenvalue weighted by molar-refractivity contribution is 0.129.